The highest BCUT2D eigenvalue weighted by Crippen LogP contribution is 2.28. The van der Waals surface area contributed by atoms with Crippen LogP contribution >= 0.6 is 0 Å². The maximum atomic E-state index is 12.5. The van der Waals surface area contributed by atoms with Gasteiger partial charge in [-0.15, -0.1) is 0 Å². The van der Waals surface area contributed by atoms with Crippen LogP contribution < -0.4 is 11.1 Å². The molecule has 1 fully saturated rings. The van der Waals surface area contributed by atoms with Crippen molar-refractivity contribution >= 4 is 5.95 Å². The largest absolute Gasteiger partial charge is 0.433 e. The highest BCUT2D eigenvalue weighted by Gasteiger charge is 2.33. The second-order valence-corrected chi connectivity index (χ2v) is 4.82. The van der Waals surface area contributed by atoms with E-state index in [1.54, 1.807) is 0 Å². The van der Waals surface area contributed by atoms with Crippen LogP contribution in [0.5, 0.6) is 0 Å². The SMILES string of the molecule is NC1CCCCCC1Nc1nccc(C(F)(F)F)n1. The molecular formula is C12H17F3N4. The Morgan fingerprint density at radius 2 is 1.95 bits per heavy atom. The van der Waals surface area contributed by atoms with Gasteiger partial charge in [0, 0.05) is 18.3 Å². The van der Waals surface area contributed by atoms with Gasteiger partial charge in [-0.05, 0) is 18.9 Å². The van der Waals surface area contributed by atoms with Crippen molar-refractivity contribution in [1.29, 1.82) is 0 Å². The van der Waals surface area contributed by atoms with Gasteiger partial charge in [-0.2, -0.15) is 13.2 Å². The molecular weight excluding hydrogens is 257 g/mol. The van der Waals surface area contributed by atoms with Crippen LogP contribution in [0.1, 0.15) is 37.8 Å². The molecule has 2 atom stereocenters. The maximum absolute atomic E-state index is 12.5. The molecule has 1 heterocycles. The van der Waals surface area contributed by atoms with E-state index < -0.39 is 11.9 Å². The molecule has 1 aromatic heterocycles. The number of nitrogens with zero attached hydrogens (tertiary/aromatic N) is 2. The van der Waals surface area contributed by atoms with Gasteiger partial charge in [0.15, 0.2) is 0 Å². The zero-order valence-corrected chi connectivity index (χ0v) is 10.5. The third kappa shape index (κ3) is 3.79. The van der Waals surface area contributed by atoms with Crippen molar-refractivity contribution in [2.45, 2.75) is 50.4 Å². The second kappa shape index (κ2) is 5.73. The molecule has 1 aliphatic rings. The van der Waals surface area contributed by atoms with E-state index in [9.17, 15) is 13.2 Å². The number of hydrogen-bond acceptors (Lipinski definition) is 4. The zero-order valence-electron chi connectivity index (χ0n) is 10.5. The topological polar surface area (TPSA) is 63.8 Å². The highest BCUT2D eigenvalue weighted by molar-refractivity contribution is 5.28. The molecule has 1 aliphatic carbocycles. The van der Waals surface area contributed by atoms with E-state index in [1.165, 1.54) is 0 Å². The predicted molar refractivity (Wildman–Crippen MR) is 65.5 cm³/mol. The number of alkyl halides is 3. The Bertz CT molecular complexity index is 422. The molecule has 0 saturated heterocycles. The number of hydrogen-bond donors (Lipinski definition) is 2. The first-order chi connectivity index (χ1) is 8.97. The molecule has 4 nitrogen and oxygen atoms in total. The summed E-state index contributed by atoms with van der Waals surface area (Å²) in [5.41, 5.74) is 5.07. The van der Waals surface area contributed by atoms with Crippen molar-refractivity contribution in [3.8, 4) is 0 Å². The quantitative estimate of drug-likeness (QED) is 0.814. The first-order valence-corrected chi connectivity index (χ1v) is 6.39. The third-order valence-corrected chi connectivity index (χ3v) is 3.33. The highest BCUT2D eigenvalue weighted by atomic mass is 19.4. The zero-order chi connectivity index (χ0) is 13.9. The van der Waals surface area contributed by atoms with Gasteiger partial charge in [-0.3, -0.25) is 0 Å². The first-order valence-electron chi connectivity index (χ1n) is 6.39. The van der Waals surface area contributed by atoms with Gasteiger partial charge in [0.25, 0.3) is 0 Å². The maximum Gasteiger partial charge on any atom is 0.433 e. The van der Waals surface area contributed by atoms with Crippen LogP contribution in [0.3, 0.4) is 0 Å². The minimum absolute atomic E-state index is 0.00262. The molecule has 0 aromatic carbocycles. The Morgan fingerprint density at radius 1 is 1.21 bits per heavy atom. The van der Waals surface area contributed by atoms with Gasteiger partial charge in [0.1, 0.15) is 5.69 Å². The minimum atomic E-state index is -4.45. The summed E-state index contributed by atoms with van der Waals surface area (Å²) in [7, 11) is 0. The molecule has 1 saturated carbocycles. The van der Waals surface area contributed by atoms with Crippen LogP contribution in [-0.2, 0) is 6.18 Å². The Hall–Kier alpha value is -1.37. The van der Waals surface area contributed by atoms with Gasteiger partial charge < -0.3 is 11.1 Å². The summed E-state index contributed by atoms with van der Waals surface area (Å²) in [6, 6.07) is 0.727. The molecule has 0 bridgehead atoms. The standard InChI is InChI=1S/C12H17F3N4/c13-12(14,15)10-6-7-17-11(19-10)18-9-5-3-1-2-4-8(9)16/h6-9H,1-5,16H2,(H,17,18,19). The van der Waals surface area contributed by atoms with Crippen molar-refractivity contribution in [2.24, 2.45) is 5.73 Å². The fourth-order valence-corrected chi connectivity index (χ4v) is 2.27. The number of anilines is 1. The molecule has 2 rings (SSSR count). The van der Waals surface area contributed by atoms with Crippen LogP contribution in [0.15, 0.2) is 12.3 Å². The summed E-state index contributed by atoms with van der Waals surface area (Å²) in [6.07, 6.45) is 1.55. The summed E-state index contributed by atoms with van der Waals surface area (Å²) in [6.45, 7) is 0. The Balaban J connectivity index is 2.09. The summed E-state index contributed by atoms with van der Waals surface area (Å²) >= 11 is 0. The van der Waals surface area contributed by atoms with E-state index in [2.05, 4.69) is 15.3 Å². The lowest BCUT2D eigenvalue weighted by Crippen LogP contribution is -2.39. The number of nitrogens with two attached hydrogens (primary N) is 1. The lowest BCUT2D eigenvalue weighted by molar-refractivity contribution is -0.141. The van der Waals surface area contributed by atoms with E-state index in [-0.39, 0.29) is 18.0 Å². The van der Waals surface area contributed by atoms with E-state index in [4.69, 9.17) is 5.73 Å². The third-order valence-electron chi connectivity index (χ3n) is 3.33. The summed E-state index contributed by atoms with van der Waals surface area (Å²) < 4.78 is 37.6. The van der Waals surface area contributed by atoms with Crippen molar-refractivity contribution < 1.29 is 13.2 Å². The minimum Gasteiger partial charge on any atom is -0.350 e. The lowest BCUT2D eigenvalue weighted by atomic mass is 10.0. The van der Waals surface area contributed by atoms with Crippen molar-refractivity contribution in [3.63, 3.8) is 0 Å². The molecule has 3 N–H and O–H groups in total. The molecule has 7 heteroatoms. The molecule has 0 aliphatic heterocycles. The Labute approximate surface area is 109 Å². The monoisotopic (exact) mass is 274 g/mol. The first kappa shape index (κ1) is 14.0. The van der Waals surface area contributed by atoms with Gasteiger partial charge in [-0.25, -0.2) is 9.97 Å². The molecule has 106 valence electrons. The molecule has 2 unspecified atom stereocenters. The lowest BCUT2D eigenvalue weighted by Gasteiger charge is -2.22. The average molecular weight is 274 g/mol. The summed E-state index contributed by atoms with van der Waals surface area (Å²) in [5.74, 6) is -0.00262. The molecule has 0 radical (unpaired) electrons. The molecule has 0 spiro atoms. The average Bonchev–Trinajstić information content (AvgIpc) is 2.54. The van der Waals surface area contributed by atoms with Crippen LogP contribution in [0, 0.1) is 0 Å². The number of nitrogens with one attached hydrogen (secondary N) is 1. The fourth-order valence-electron chi connectivity index (χ4n) is 2.27. The van der Waals surface area contributed by atoms with Crippen LogP contribution in [0.2, 0.25) is 0 Å². The van der Waals surface area contributed by atoms with Crippen LogP contribution in [-0.4, -0.2) is 22.1 Å². The fraction of sp³-hybridized carbons (Fsp3) is 0.667. The second-order valence-electron chi connectivity index (χ2n) is 4.82. The van der Waals surface area contributed by atoms with Crippen LogP contribution in [0.4, 0.5) is 19.1 Å². The summed E-state index contributed by atoms with van der Waals surface area (Å²) in [4.78, 5) is 7.33. The van der Waals surface area contributed by atoms with Gasteiger partial charge in [0.2, 0.25) is 5.95 Å². The molecule has 19 heavy (non-hydrogen) atoms. The number of rotatable bonds is 2. The Morgan fingerprint density at radius 3 is 2.68 bits per heavy atom. The number of aromatic nitrogens is 2. The van der Waals surface area contributed by atoms with E-state index in [1.807, 2.05) is 0 Å². The molecule has 1 aromatic rings. The normalized spacial score (nSPS) is 24.8. The van der Waals surface area contributed by atoms with Crippen molar-refractivity contribution in [3.05, 3.63) is 18.0 Å². The number of halogens is 3. The van der Waals surface area contributed by atoms with Crippen molar-refractivity contribution in [2.75, 3.05) is 5.32 Å². The smallest absolute Gasteiger partial charge is 0.350 e. The van der Waals surface area contributed by atoms with Crippen LogP contribution in [0.25, 0.3) is 0 Å². The van der Waals surface area contributed by atoms with Gasteiger partial charge >= 0.3 is 6.18 Å². The van der Waals surface area contributed by atoms with E-state index >= 15 is 0 Å². The van der Waals surface area contributed by atoms with Crippen molar-refractivity contribution in [1.82, 2.24) is 9.97 Å². The van der Waals surface area contributed by atoms with E-state index in [0.717, 1.165) is 44.4 Å². The Kier molecular flexibility index (Phi) is 4.24. The molecule has 0 amide bonds. The summed E-state index contributed by atoms with van der Waals surface area (Å²) in [5, 5.41) is 2.94. The van der Waals surface area contributed by atoms with Gasteiger partial charge in [-0.1, -0.05) is 19.3 Å². The predicted octanol–water partition coefficient (Wildman–Crippen LogP) is 2.57. The van der Waals surface area contributed by atoms with E-state index in [0.29, 0.717) is 0 Å². The van der Waals surface area contributed by atoms with Gasteiger partial charge in [0.05, 0.1) is 0 Å².